The molecule has 0 aromatic heterocycles. The van der Waals surface area contributed by atoms with Crippen LogP contribution in [0.4, 0.5) is 5.69 Å². The minimum absolute atomic E-state index is 0.0158. The molecule has 33 heavy (non-hydrogen) atoms. The number of benzene rings is 2. The molecule has 1 N–H and O–H groups in total. The van der Waals surface area contributed by atoms with Gasteiger partial charge >= 0.3 is 11.8 Å². The molecule has 2 aliphatic rings. The molecule has 2 aromatic rings. The van der Waals surface area contributed by atoms with E-state index in [9.17, 15) is 24.0 Å². The molecule has 0 unspecified atom stereocenters. The summed E-state index contributed by atoms with van der Waals surface area (Å²) in [7, 11) is 0. The lowest BCUT2D eigenvalue weighted by atomic mass is 9.89. The van der Waals surface area contributed by atoms with Crippen LogP contribution in [0.2, 0.25) is 0 Å². The molecule has 2 saturated heterocycles. The van der Waals surface area contributed by atoms with Gasteiger partial charge in [0.05, 0.1) is 0 Å². The Bertz CT molecular complexity index is 1050. The van der Waals surface area contributed by atoms with Gasteiger partial charge in [-0.15, -0.1) is 0 Å². The number of nitrogens with zero attached hydrogens (tertiary/aromatic N) is 3. The molecule has 0 atom stereocenters. The topological polar surface area (TPSA) is 107 Å². The van der Waals surface area contributed by atoms with Gasteiger partial charge in [0.2, 0.25) is 17.7 Å². The second-order valence-electron chi connectivity index (χ2n) is 8.01. The van der Waals surface area contributed by atoms with Crippen molar-refractivity contribution in [2.45, 2.75) is 25.2 Å². The zero-order valence-corrected chi connectivity index (χ0v) is 18.0. The van der Waals surface area contributed by atoms with Crippen LogP contribution in [0.1, 0.15) is 30.7 Å². The molecule has 9 heteroatoms. The lowest BCUT2D eigenvalue weighted by Gasteiger charge is -2.34. The van der Waals surface area contributed by atoms with Crippen LogP contribution >= 0.6 is 0 Å². The van der Waals surface area contributed by atoms with Gasteiger partial charge in [-0.2, -0.15) is 5.01 Å². The fourth-order valence-corrected chi connectivity index (χ4v) is 4.06. The number of hydrogen-bond acceptors (Lipinski definition) is 5. The van der Waals surface area contributed by atoms with E-state index in [-0.39, 0.29) is 38.3 Å². The minimum atomic E-state index is -0.686. The van der Waals surface area contributed by atoms with E-state index < -0.39 is 29.5 Å². The Labute approximate surface area is 190 Å². The Kier molecular flexibility index (Phi) is 6.48. The Morgan fingerprint density at radius 2 is 1.42 bits per heavy atom. The van der Waals surface area contributed by atoms with E-state index in [4.69, 9.17) is 0 Å². The second-order valence-corrected chi connectivity index (χ2v) is 8.01. The van der Waals surface area contributed by atoms with Crippen LogP contribution in [-0.2, 0) is 24.0 Å². The fraction of sp³-hybridized carbons (Fsp3) is 0.292. The van der Waals surface area contributed by atoms with Gasteiger partial charge in [0.25, 0.3) is 0 Å². The van der Waals surface area contributed by atoms with Crippen LogP contribution < -0.4 is 10.3 Å². The summed E-state index contributed by atoms with van der Waals surface area (Å²) in [4.78, 5) is 65.0. The summed E-state index contributed by atoms with van der Waals surface area (Å²) in [5, 5.41) is 0.766. The number of amides is 5. The number of piperazine rings is 1. The van der Waals surface area contributed by atoms with Crippen molar-refractivity contribution in [1.82, 2.24) is 15.3 Å². The lowest BCUT2D eigenvalue weighted by Crippen LogP contribution is -2.56. The first kappa shape index (κ1) is 22.2. The first-order valence-corrected chi connectivity index (χ1v) is 10.8. The van der Waals surface area contributed by atoms with Crippen molar-refractivity contribution >= 4 is 35.2 Å². The van der Waals surface area contributed by atoms with Crippen LogP contribution in [0.5, 0.6) is 0 Å². The lowest BCUT2D eigenvalue weighted by molar-refractivity contribution is -0.157. The molecule has 4 rings (SSSR count). The van der Waals surface area contributed by atoms with Crippen molar-refractivity contribution < 1.29 is 24.0 Å². The van der Waals surface area contributed by atoms with E-state index in [1.807, 2.05) is 36.4 Å². The van der Waals surface area contributed by atoms with Crippen LogP contribution in [0.15, 0.2) is 60.7 Å². The average molecular weight is 448 g/mol. The van der Waals surface area contributed by atoms with Crippen LogP contribution in [0.25, 0.3) is 0 Å². The van der Waals surface area contributed by atoms with Gasteiger partial charge in [0.1, 0.15) is 0 Å². The second kappa shape index (κ2) is 9.64. The van der Waals surface area contributed by atoms with Crippen LogP contribution in [-0.4, -0.2) is 59.1 Å². The molecule has 5 amide bonds. The maximum atomic E-state index is 12.5. The van der Waals surface area contributed by atoms with Gasteiger partial charge in [-0.05, 0) is 17.7 Å². The van der Waals surface area contributed by atoms with Gasteiger partial charge in [-0.3, -0.25) is 29.4 Å². The van der Waals surface area contributed by atoms with E-state index in [0.717, 1.165) is 10.6 Å². The molecule has 2 fully saturated rings. The molecule has 0 saturated carbocycles. The van der Waals surface area contributed by atoms with Crippen LogP contribution in [0.3, 0.4) is 0 Å². The normalized spacial score (nSPS) is 17.5. The van der Waals surface area contributed by atoms with E-state index in [0.29, 0.717) is 12.2 Å². The number of hydrazine groups is 1. The highest BCUT2D eigenvalue weighted by atomic mass is 16.2. The van der Waals surface area contributed by atoms with Crippen molar-refractivity contribution in [2.24, 2.45) is 0 Å². The molecular formula is C24H24N4O5. The maximum absolute atomic E-state index is 12.5. The SMILES string of the molecule is O=C(CCN1CCN(c2ccccc2)C(=O)C1=O)NN1C(=O)CC(c2ccccc2)CC1=O. The molecule has 0 bridgehead atoms. The first-order valence-electron chi connectivity index (χ1n) is 10.8. The summed E-state index contributed by atoms with van der Waals surface area (Å²) in [5.74, 6) is -3.08. The maximum Gasteiger partial charge on any atom is 0.316 e. The van der Waals surface area contributed by atoms with Crippen molar-refractivity contribution in [3.63, 3.8) is 0 Å². The zero-order chi connectivity index (χ0) is 23.4. The number of imide groups is 1. The number of para-hydroxylation sites is 1. The number of carbonyl (C=O) groups is 5. The number of anilines is 1. The molecule has 2 aliphatic heterocycles. The van der Waals surface area contributed by atoms with Crippen LogP contribution in [0, 0.1) is 0 Å². The predicted molar refractivity (Wildman–Crippen MR) is 118 cm³/mol. The third kappa shape index (κ3) is 4.92. The molecule has 2 aromatic carbocycles. The Hall–Kier alpha value is -4.01. The predicted octanol–water partition coefficient (Wildman–Crippen LogP) is 1.22. The summed E-state index contributed by atoms with van der Waals surface area (Å²) in [6, 6.07) is 18.2. The smallest absolute Gasteiger partial charge is 0.316 e. The monoisotopic (exact) mass is 448 g/mol. The molecule has 2 heterocycles. The Morgan fingerprint density at radius 3 is 2.06 bits per heavy atom. The first-order chi connectivity index (χ1) is 15.9. The van der Waals surface area contributed by atoms with Gasteiger partial charge in [-0.1, -0.05) is 48.5 Å². The highest BCUT2D eigenvalue weighted by Gasteiger charge is 2.36. The van der Waals surface area contributed by atoms with Gasteiger partial charge in [-0.25, -0.2) is 0 Å². The Morgan fingerprint density at radius 1 is 0.818 bits per heavy atom. The third-order valence-electron chi connectivity index (χ3n) is 5.83. The standard InChI is InChI=1S/C24H24N4O5/c29-20(25-28-21(30)15-18(16-22(28)31)17-7-3-1-4-8-17)11-12-26-13-14-27(24(33)23(26)32)19-9-5-2-6-10-19/h1-10,18H,11-16H2,(H,25,29). The molecule has 0 aliphatic carbocycles. The fourth-order valence-electron chi connectivity index (χ4n) is 4.06. The quantitative estimate of drug-likeness (QED) is 0.528. The van der Waals surface area contributed by atoms with E-state index >= 15 is 0 Å². The summed E-state index contributed by atoms with van der Waals surface area (Å²) in [6.07, 6.45) is 0.0957. The third-order valence-corrected chi connectivity index (χ3v) is 5.83. The number of carbonyl (C=O) groups excluding carboxylic acids is 5. The van der Waals surface area contributed by atoms with E-state index in [2.05, 4.69) is 5.43 Å². The number of hydrogen-bond donors (Lipinski definition) is 1. The number of nitrogens with one attached hydrogen (secondary N) is 1. The molecule has 0 spiro atoms. The van der Waals surface area contributed by atoms with Crippen molar-refractivity contribution in [2.75, 3.05) is 24.5 Å². The molecule has 0 radical (unpaired) electrons. The zero-order valence-electron chi connectivity index (χ0n) is 18.0. The summed E-state index contributed by atoms with van der Waals surface area (Å²) < 4.78 is 0. The van der Waals surface area contributed by atoms with Crippen molar-refractivity contribution in [3.8, 4) is 0 Å². The molecular weight excluding hydrogens is 424 g/mol. The summed E-state index contributed by atoms with van der Waals surface area (Å²) in [5.41, 5.74) is 3.90. The summed E-state index contributed by atoms with van der Waals surface area (Å²) >= 11 is 0. The van der Waals surface area contributed by atoms with Gasteiger partial charge in [0.15, 0.2) is 0 Å². The molecule has 170 valence electrons. The Balaban J connectivity index is 1.28. The number of rotatable bonds is 6. The highest BCUT2D eigenvalue weighted by Crippen LogP contribution is 2.28. The van der Waals surface area contributed by atoms with Crippen molar-refractivity contribution in [1.29, 1.82) is 0 Å². The molecule has 9 nitrogen and oxygen atoms in total. The van der Waals surface area contributed by atoms with Gasteiger partial charge in [0, 0.05) is 50.5 Å². The van der Waals surface area contributed by atoms with E-state index in [1.165, 1.54) is 9.80 Å². The summed E-state index contributed by atoms with van der Waals surface area (Å²) in [6.45, 7) is 0.620. The average Bonchev–Trinajstić information content (AvgIpc) is 2.83. The number of piperidine rings is 1. The van der Waals surface area contributed by atoms with Crippen molar-refractivity contribution in [3.05, 3.63) is 66.2 Å². The van der Waals surface area contributed by atoms with Gasteiger partial charge < -0.3 is 9.80 Å². The largest absolute Gasteiger partial charge is 0.332 e. The minimum Gasteiger partial charge on any atom is -0.332 e. The highest BCUT2D eigenvalue weighted by molar-refractivity contribution is 6.41. The van der Waals surface area contributed by atoms with E-state index in [1.54, 1.807) is 24.3 Å².